The summed E-state index contributed by atoms with van der Waals surface area (Å²) in [4.78, 5) is 26.2. The van der Waals surface area contributed by atoms with E-state index in [1.807, 2.05) is 30.3 Å². The Morgan fingerprint density at radius 2 is 1.38 bits per heavy atom. The molecule has 7 heteroatoms. The zero-order chi connectivity index (χ0) is 40.4. The molecule has 1 aliphatic heterocycles. The van der Waals surface area contributed by atoms with Gasteiger partial charge in [0.1, 0.15) is 17.6 Å². The summed E-state index contributed by atoms with van der Waals surface area (Å²) >= 11 is 0. The molecule has 0 amide bonds. The molecule has 0 radical (unpaired) electrons. The second-order valence-electron chi connectivity index (χ2n) is 18.4. The van der Waals surface area contributed by atoms with Gasteiger partial charge in [0.25, 0.3) is 0 Å². The van der Waals surface area contributed by atoms with Crippen LogP contribution < -0.4 is 9.47 Å². The number of carbonyl (C=O) groups excluding carboxylic acids is 2. The van der Waals surface area contributed by atoms with E-state index in [0.717, 1.165) is 113 Å². The van der Waals surface area contributed by atoms with Crippen LogP contribution in [-0.2, 0) is 19.0 Å². The average Bonchev–Trinajstić information content (AvgIpc) is 3.26. The molecule has 1 heterocycles. The molecular formula is C51H76O7. The summed E-state index contributed by atoms with van der Waals surface area (Å²) in [6.07, 6.45) is 29.4. The number of benzene rings is 2. The summed E-state index contributed by atoms with van der Waals surface area (Å²) in [6.45, 7) is 6.68. The van der Waals surface area contributed by atoms with Gasteiger partial charge in [-0.2, -0.15) is 0 Å². The van der Waals surface area contributed by atoms with E-state index in [0.29, 0.717) is 23.8 Å². The first-order chi connectivity index (χ1) is 28.4. The summed E-state index contributed by atoms with van der Waals surface area (Å²) < 4.78 is 29.4. The third-order valence-electron chi connectivity index (χ3n) is 14.0. The van der Waals surface area contributed by atoms with Crippen molar-refractivity contribution in [1.29, 1.82) is 0 Å². The van der Waals surface area contributed by atoms with Gasteiger partial charge in [-0.3, -0.25) is 4.79 Å². The number of unbranched alkanes of at least 4 members (excludes halogenated alkanes) is 7. The van der Waals surface area contributed by atoms with E-state index < -0.39 is 0 Å². The molecule has 1 atom stereocenters. The van der Waals surface area contributed by atoms with Gasteiger partial charge in [0.15, 0.2) is 6.29 Å². The molecular weight excluding hydrogens is 725 g/mol. The molecule has 3 aliphatic carbocycles. The lowest BCUT2D eigenvalue weighted by molar-refractivity contribution is -0.162. The molecule has 1 saturated heterocycles. The van der Waals surface area contributed by atoms with E-state index in [1.165, 1.54) is 95.5 Å². The first-order valence-electron chi connectivity index (χ1n) is 23.9. The SMILES string of the molecule is CCCCCC1CCC(C2CCC(C(=O)Oc3ccc(C4CCC(OC(=O)c5ccc(OCCCCCCCCOC6CCCCO6)cc5)CC4)cc3C)CC2)CC1. The minimum Gasteiger partial charge on any atom is -0.494 e. The second kappa shape index (κ2) is 24.4. The molecule has 0 bridgehead atoms. The molecule has 1 unspecified atom stereocenters. The molecule has 4 aliphatic rings. The average molecular weight is 801 g/mol. The zero-order valence-corrected chi connectivity index (χ0v) is 36.2. The van der Waals surface area contributed by atoms with Gasteiger partial charge in [-0.25, -0.2) is 4.79 Å². The van der Waals surface area contributed by atoms with Crippen molar-refractivity contribution in [3.63, 3.8) is 0 Å². The highest BCUT2D eigenvalue weighted by Gasteiger charge is 2.34. The van der Waals surface area contributed by atoms with Crippen LogP contribution in [0.5, 0.6) is 11.5 Å². The molecule has 3 saturated carbocycles. The van der Waals surface area contributed by atoms with E-state index in [2.05, 4.69) is 26.0 Å². The Labute approximate surface area is 351 Å². The number of hydrogen-bond donors (Lipinski definition) is 0. The molecule has 2 aromatic carbocycles. The maximum atomic E-state index is 13.3. The highest BCUT2D eigenvalue weighted by Crippen LogP contribution is 2.43. The van der Waals surface area contributed by atoms with E-state index in [4.69, 9.17) is 23.7 Å². The Bertz CT molecular complexity index is 1470. The summed E-state index contributed by atoms with van der Waals surface area (Å²) in [5.41, 5.74) is 2.87. The van der Waals surface area contributed by atoms with E-state index in [-0.39, 0.29) is 30.3 Å². The molecule has 322 valence electrons. The fourth-order valence-corrected chi connectivity index (χ4v) is 10.3. The standard InChI is InChI=1S/C51H76O7/c1-3-4-9-14-39-16-18-40(19-17-39)41-20-22-43(23-21-41)51(53)58-48-33-28-45(37-38(48)2)42-24-31-47(32-25-42)57-50(52)44-26-29-46(30-27-44)54-34-11-7-5-6-8-12-35-55-49-15-10-13-36-56-49/h26-30,33,37,39-43,47,49H,3-25,31-32,34-36H2,1-2H3. The summed E-state index contributed by atoms with van der Waals surface area (Å²) in [5.74, 6) is 4.25. The first-order valence-corrected chi connectivity index (χ1v) is 23.9. The van der Waals surface area contributed by atoms with Crippen molar-refractivity contribution < 1.29 is 33.3 Å². The van der Waals surface area contributed by atoms with Crippen molar-refractivity contribution in [2.75, 3.05) is 19.8 Å². The van der Waals surface area contributed by atoms with Crippen LogP contribution in [0.25, 0.3) is 0 Å². The normalized spacial score (nSPS) is 26.5. The van der Waals surface area contributed by atoms with Gasteiger partial charge >= 0.3 is 11.9 Å². The number of aryl methyl sites for hydroxylation is 1. The largest absolute Gasteiger partial charge is 0.494 e. The van der Waals surface area contributed by atoms with Gasteiger partial charge in [-0.15, -0.1) is 0 Å². The fourth-order valence-electron chi connectivity index (χ4n) is 10.3. The van der Waals surface area contributed by atoms with Crippen LogP contribution in [0.3, 0.4) is 0 Å². The van der Waals surface area contributed by atoms with Crippen LogP contribution in [-0.4, -0.2) is 44.2 Å². The number of ether oxygens (including phenoxy) is 5. The Hall–Kier alpha value is -2.90. The molecule has 2 aromatic rings. The number of hydrogen-bond acceptors (Lipinski definition) is 7. The number of esters is 2. The molecule has 58 heavy (non-hydrogen) atoms. The molecule has 0 aromatic heterocycles. The second-order valence-corrected chi connectivity index (χ2v) is 18.4. The van der Waals surface area contributed by atoms with E-state index in [1.54, 1.807) is 0 Å². The molecule has 6 rings (SSSR count). The lowest BCUT2D eigenvalue weighted by atomic mass is 9.68. The fraction of sp³-hybridized carbons (Fsp3) is 0.725. The summed E-state index contributed by atoms with van der Waals surface area (Å²) in [6, 6.07) is 13.7. The van der Waals surface area contributed by atoms with Gasteiger partial charge in [0, 0.05) is 13.2 Å². The topological polar surface area (TPSA) is 80.3 Å². The van der Waals surface area contributed by atoms with Crippen molar-refractivity contribution in [1.82, 2.24) is 0 Å². The van der Waals surface area contributed by atoms with E-state index >= 15 is 0 Å². The third kappa shape index (κ3) is 14.4. The highest BCUT2D eigenvalue weighted by atomic mass is 16.7. The molecule has 7 nitrogen and oxygen atoms in total. The maximum Gasteiger partial charge on any atom is 0.338 e. The van der Waals surface area contributed by atoms with Crippen LogP contribution in [0, 0.1) is 30.6 Å². The van der Waals surface area contributed by atoms with Crippen molar-refractivity contribution in [2.24, 2.45) is 23.7 Å². The molecule has 0 N–H and O–H groups in total. The van der Waals surface area contributed by atoms with Crippen LogP contribution >= 0.6 is 0 Å². The lowest BCUT2D eigenvalue weighted by Gasteiger charge is -2.37. The van der Waals surface area contributed by atoms with Gasteiger partial charge in [0.05, 0.1) is 18.1 Å². The minimum absolute atomic E-state index is 0.0247. The predicted octanol–water partition coefficient (Wildman–Crippen LogP) is 13.2. The van der Waals surface area contributed by atoms with Gasteiger partial charge in [-0.05, 0) is 168 Å². The van der Waals surface area contributed by atoms with E-state index in [9.17, 15) is 9.59 Å². The number of rotatable bonds is 21. The Morgan fingerprint density at radius 1 is 0.690 bits per heavy atom. The lowest BCUT2D eigenvalue weighted by Crippen LogP contribution is -2.30. The van der Waals surface area contributed by atoms with Crippen molar-refractivity contribution in [2.45, 2.75) is 193 Å². The van der Waals surface area contributed by atoms with Crippen LogP contribution in [0.15, 0.2) is 42.5 Å². The quantitative estimate of drug-likeness (QED) is 0.0706. The van der Waals surface area contributed by atoms with Crippen molar-refractivity contribution >= 4 is 11.9 Å². The highest BCUT2D eigenvalue weighted by molar-refractivity contribution is 5.89. The van der Waals surface area contributed by atoms with Crippen LogP contribution in [0.4, 0.5) is 0 Å². The Balaban J connectivity index is 0.814. The molecule has 4 fully saturated rings. The minimum atomic E-state index is -0.262. The smallest absolute Gasteiger partial charge is 0.338 e. The van der Waals surface area contributed by atoms with Gasteiger partial charge in [0.2, 0.25) is 0 Å². The van der Waals surface area contributed by atoms with Crippen molar-refractivity contribution in [3.8, 4) is 11.5 Å². The maximum absolute atomic E-state index is 13.3. The van der Waals surface area contributed by atoms with Crippen LogP contribution in [0.1, 0.15) is 195 Å². The first kappa shape index (κ1) is 44.6. The monoisotopic (exact) mass is 801 g/mol. The number of carbonyl (C=O) groups is 2. The molecule has 0 spiro atoms. The van der Waals surface area contributed by atoms with Gasteiger partial charge < -0.3 is 23.7 Å². The predicted molar refractivity (Wildman–Crippen MR) is 231 cm³/mol. The zero-order valence-electron chi connectivity index (χ0n) is 36.2. The summed E-state index contributed by atoms with van der Waals surface area (Å²) in [5, 5.41) is 0. The van der Waals surface area contributed by atoms with Crippen LogP contribution in [0.2, 0.25) is 0 Å². The third-order valence-corrected chi connectivity index (χ3v) is 14.0. The Kier molecular flexibility index (Phi) is 18.8. The Morgan fingerprint density at radius 3 is 2.05 bits per heavy atom. The van der Waals surface area contributed by atoms with Crippen molar-refractivity contribution in [3.05, 3.63) is 59.2 Å². The summed E-state index contributed by atoms with van der Waals surface area (Å²) in [7, 11) is 0. The van der Waals surface area contributed by atoms with Gasteiger partial charge in [-0.1, -0.05) is 83.3 Å².